The Hall–Kier alpha value is -2.05. The number of carbonyl (C=O) groups is 2. The van der Waals surface area contributed by atoms with Crippen molar-refractivity contribution in [3.05, 3.63) is 12.2 Å². The SMILES string of the molecule is NC(C#CF)CCC(=O)O.NC(C=C(F)F)CCC(=O)O. The molecule has 0 aliphatic rings. The van der Waals surface area contributed by atoms with Gasteiger partial charge in [-0.15, -0.1) is 4.39 Å². The smallest absolute Gasteiger partial charge is 0.303 e. The number of hydrogen-bond acceptors (Lipinski definition) is 4. The third kappa shape index (κ3) is 20.4. The molecule has 2 unspecified atom stereocenters. The molecule has 0 aliphatic heterocycles. The number of hydrogen-bond donors (Lipinski definition) is 4. The van der Waals surface area contributed by atoms with Crippen LogP contribution >= 0.6 is 0 Å². The molecule has 21 heavy (non-hydrogen) atoms. The molecule has 2 atom stereocenters. The van der Waals surface area contributed by atoms with Crippen molar-refractivity contribution in [3.63, 3.8) is 0 Å². The first-order valence-electron chi connectivity index (χ1n) is 5.77. The fraction of sp³-hybridized carbons (Fsp3) is 0.500. The molecule has 0 aromatic rings. The average molecular weight is 310 g/mol. The van der Waals surface area contributed by atoms with Crippen LogP contribution in [0.3, 0.4) is 0 Å². The summed E-state index contributed by atoms with van der Waals surface area (Å²) in [6.07, 6.45) is -0.246. The molecule has 120 valence electrons. The van der Waals surface area contributed by atoms with E-state index in [2.05, 4.69) is 0 Å². The van der Waals surface area contributed by atoms with Gasteiger partial charge in [-0.25, -0.2) is 0 Å². The van der Waals surface area contributed by atoms with E-state index in [1.54, 1.807) is 0 Å². The van der Waals surface area contributed by atoms with E-state index in [0.717, 1.165) is 6.17 Å². The Morgan fingerprint density at radius 2 is 1.57 bits per heavy atom. The molecule has 6 N–H and O–H groups in total. The van der Waals surface area contributed by atoms with E-state index in [-0.39, 0.29) is 25.7 Å². The van der Waals surface area contributed by atoms with Gasteiger partial charge in [-0.1, -0.05) is 0 Å². The van der Waals surface area contributed by atoms with Crippen LogP contribution in [0.5, 0.6) is 0 Å². The van der Waals surface area contributed by atoms with Crippen molar-refractivity contribution < 1.29 is 33.0 Å². The lowest BCUT2D eigenvalue weighted by atomic mass is 10.2. The number of nitrogens with two attached hydrogens (primary N) is 2. The van der Waals surface area contributed by atoms with Crippen LogP contribution in [0, 0.1) is 12.1 Å². The summed E-state index contributed by atoms with van der Waals surface area (Å²) in [4.78, 5) is 19.8. The van der Waals surface area contributed by atoms with Crippen molar-refractivity contribution in [3.8, 4) is 12.1 Å². The standard InChI is InChI=1S/C6H9F2NO2.C6H8FNO2/c7-5(8)3-4(9)1-2-6(10)11;7-4-3-5(8)1-2-6(9)10/h3-4H,1-2,9H2,(H,10,11);5H,1-2,8H2,(H,9,10). The molecule has 0 rings (SSSR count). The molecule has 0 radical (unpaired) electrons. The molecule has 9 heteroatoms. The van der Waals surface area contributed by atoms with Crippen LogP contribution in [0.1, 0.15) is 25.7 Å². The van der Waals surface area contributed by atoms with E-state index in [9.17, 15) is 22.8 Å². The highest BCUT2D eigenvalue weighted by atomic mass is 19.3. The molecule has 0 saturated carbocycles. The topological polar surface area (TPSA) is 127 Å². The summed E-state index contributed by atoms with van der Waals surface area (Å²) < 4.78 is 34.1. The van der Waals surface area contributed by atoms with Crippen molar-refractivity contribution in [1.29, 1.82) is 0 Å². The summed E-state index contributed by atoms with van der Waals surface area (Å²) in [5.74, 6) is 0.0164. The Morgan fingerprint density at radius 3 is 1.95 bits per heavy atom. The minimum Gasteiger partial charge on any atom is -0.481 e. The van der Waals surface area contributed by atoms with E-state index in [4.69, 9.17) is 21.7 Å². The van der Waals surface area contributed by atoms with Gasteiger partial charge < -0.3 is 21.7 Å². The highest BCUT2D eigenvalue weighted by Crippen LogP contribution is 2.02. The van der Waals surface area contributed by atoms with Gasteiger partial charge in [0.05, 0.1) is 6.04 Å². The van der Waals surface area contributed by atoms with Gasteiger partial charge in [-0.3, -0.25) is 9.59 Å². The molecular formula is C12H17F3N2O4. The molecule has 6 nitrogen and oxygen atoms in total. The van der Waals surface area contributed by atoms with E-state index >= 15 is 0 Å². The van der Waals surface area contributed by atoms with E-state index in [1.165, 1.54) is 0 Å². The maximum absolute atomic E-state index is 11.4. The van der Waals surface area contributed by atoms with Gasteiger partial charge in [0.15, 0.2) is 0 Å². The highest BCUT2D eigenvalue weighted by Gasteiger charge is 2.04. The van der Waals surface area contributed by atoms with Crippen LogP contribution in [0.25, 0.3) is 0 Å². The molecular weight excluding hydrogens is 293 g/mol. The first kappa shape index (κ1) is 21.3. The van der Waals surface area contributed by atoms with Gasteiger partial charge in [-0.05, 0) is 24.8 Å². The number of aliphatic carboxylic acids is 2. The molecule has 0 amide bonds. The van der Waals surface area contributed by atoms with Gasteiger partial charge in [-0.2, -0.15) is 8.78 Å². The first-order valence-corrected chi connectivity index (χ1v) is 5.77. The zero-order chi connectivity index (χ0) is 16.8. The number of halogens is 3. The molecule has 0 aliphatic carbocycles. The molecule has 0 fully saturated rings. The van der Waals surface area contributed by atoms with Crippen molar-refractivity contribution in [2.75, 3.05) is 0 Å². The van der Waals surface area contributed by atoms with Crippen molar-refractivity contribution >= 4 is 11.9 Å². The van der Waals surface area contributed by atoms with Gasteiger partial charge in [0.1, 0.15) is 6.17 Å². The van der Waals surface area contributed by atoms with Crippen LogP contribution in [0.4, 0.5) is 13.2 Å². The maximum atomic E-state index is 11.4. The lowest BCUT2D eigenvalue weighted by molar-refractivity contribution is -0.138. The third-order valence-corrected chi connectivity index (χ3v) is 1.94. The second kappa shape index (κ2) is 13.0. The summed E-state index contributed by atoms with van der Waals surface area (Å²) in [6, 6.07) is -1.53. The van der Waals surface area contributed by atoms with Gasteiger partial charge >= 0.3 is 11.9 Å². The Balaban J connectivity index is 0. The van der Waals surface area contributed by atoms with Gasteiger partial charge in [0.2, 0.25) is 0 Å². The van der Waals surface area contributed by atoms with Crippen molar-refractivity contribution in [2.24, 2.45) is 11.5 Å². The van der Waals surface area contributed by atoms with Crippen LogP contribution in [0.15, 0.2) is 12.2 Å². The predicted octanol–water partition coefficient (Wildman–Crippen LogP) is 1.07. The van der Waals surface area contributed by atoms with Crippen LogP contribution in [0.2, 0.25) is 0 Å². The Labute approximate surface area is 119 Å². The summed E-state index contributed by atoms with van der Waals surface area (Å²) in [6.45, 7) is 0. The molecule has 0 aromatic carbocycles. The minimum atomic E-state index is -1.87. The highest BCUT2D eigenvalue weighted by molar-refractivity contribution is 5.67. The average Bonchev–Trinajstić information content (AvgIpc) is 2.34. The zero-order valence-electron chi connectivity index (χ0n) is 11.1. The maximum Gasteiger partial charge on any atom is 0.303 e. The van der Waals surface area contributed by atoms with Crippen molar-refractivity contribution in [2.45, 2.75) is 37.8 Å². The molecule has 0 aromatic heterocycles. The molecule has 0 spiro atoms. The summed E-state index contributed by atoms with van der Waals surface area (Å²) in [7, 11) is 0. The second-order valence-electron chi connectivity index (χ2n) is 3.83. The summed E-state index contributed by atoms with van der Waals surface area (Å²) in [5.41, 5.74) is 10.3. The number of carboxylic acids is 2. The largest absolute Gasteiger partial charge is 0.481 e. The fourth-order valence-corrected chi connectivity index (χ4v) is 0.957. The monoisotopic (exact) mass is 310 g/mol. The fourth-order valence-electron chi connectivity index (χ4n) is 0.957. The quantitative estimate of drug-likeness (QED) is 0.521. The van der Waals surface area contributed by atoms with E-state index in [0.29, 0.717) is 6.08 Å². The lowest BCUT2D eigenvalue weighted by Gasteiger charge is -2.01. The predicted molar refractivity (Wildman–Crippen MR) is 68.9 cm³/mol. The first-order chi connectivity index (χ1) is 9.68. The number of carboxylic acid groups (broad SMARTS) is 2. The summed E-state index contributed by atoms with van der Waals surface area (Å²) in [5, 5.41) is 16.3. The van der Waals surface area contributed by atoms with E-state index in [1.807, 2.05) is 5.92 Å². The summed E-state index contributed by atoms with van der Waals surface area (Å²) >= 11 is 0. The Bertz CT molecular complexity index is 414. The Kier molecular flexibility index (Phi) is 13.1. The van der Waals surface area contributed by atoms with Crippen LogP contribution < -0.4 is 11.5 Å². The third-order valence-electron chi connectivity index (χ3n) is 1.94. The normalized spacial score (nSPS) is 11.9. The minimum absolute atomic E-state index is 0.0344. The van der Waals surface area contributed by atoms with Gasteiger partial charge in [0, 0.05) is 18.9 Å². The molecule has 0 heterocycles. The van der Waals surface area contributed by atoms with Crippen molar-refractivity contribution in [1.82, 2.24) is 0 Å². The van der Waals surface area contributed by atoms with Gasteiger partial charge in [0.25, 0.3) is 6.08 Å². The Morgan fingerprint density at radius 1 is 1.10 bits per heavy atom. The molecule has 0 saturated heterocycles. The second-order valence-corrected chi connectivity index (χ2v) is 3.83. The zero-order valence-corrected chi connectivity index (χ0v) is 11.1. The van der Waals surface area contributed by atoms with Crippen LogP contribution in [-0.4, -0.2) is 34.2 Å². The number of rotatable bonds is 7. The lowest BCUT2D eigenvalue weighted by Crippen LogP contribution is -2.18. The van der Waals surface area contributed by atoms with E-state index < -0.39 is 30.1 Å². The van der Waals surface area contributed by atoms with Crippen LogP contribution in [-0.2, 0) is 9.59 Å². The molecule has 0 bridgehead atoms.